The van der Waals surface area contributed by atoms with Crippen LogP contribution in [0.4, 0.5) is 0 Å². The second kappa shape index (κ2) is 5.75. The number of nitrogens with zero attached hydrogens (tertiary/aromatic N) is 2. The number of hydrogen-bond donors (Lipinski definition) is 1. The zero-order valence-corrected chi connectivity index (χ0v) is 11.1. The van der Waals surface area contributed by atoms with Crippen LogP contribution in [0.15, 0.2) is 11.0 Å². The van der Waals surface area contributed by atoms with Crippen LogP contribution in [0, 0.1) is 10.5 Å². The standard InChI is InChI=1S/C9H13IN2OS/c1-7-11-6-8(10)9(13)12(7)4-2-3-5-14/h6,14H,2-5H2,1H3. The number of aryl methyl sites for hydroxylation is 1. The van der Waals surface area contributed by atoms with Crippen LogP contribution in [0.3, 0.4) is 0 Å². The molecule has 1 heterocycles. The molecule has 3 nitrogen and oxygen atoms in total. The fraction of sp³-hybridized carbons (Fsp3) is 0.556. The molecule has 0 bridgehead atoms. The van der Waals surface area contributed by atoms with E-state index in [1.54, 1.807) is 10.8 Å². The molecular formula is C9H13IN2OS. The van der Waals surface area contributed by atoms with Gasteiger partial charge in [0, 0.05) is 12.7 Å². The molecule has 0 aliphatic rings. The lowest BCUT2D eigenvalue weighted by atomic mass is 10.3. The summed E-state index contributed by atoms with van der Waals surface area (Å²) in [5.41, 5.74) is 0.0669. The van der Waals surface area contributed by atoms with Gasteiger partial charge < -0.3 is 0 Å². The third-order valence-electron chi connectivity index (χ3n) is 1.99. The highest BCUT2D eigenvalue weighted by molar-refractivity contribution is 14.1. The van der Waals surface area contributed by atoms with Crippen LogP contribution in [-0.2, 0) is 6.54 Å². The Morgan fingerprint density at radius 1 is 1.57 bits per heavy atom. The molecule has 0 unspecified atom stereocenters. The second-order valence-electron chi connectivity index (χ2n) is 3.04. The van der Waals surface area contributed by atoms with Crippen molar-refractivity contribution in [3.8, 4) is 0 Å². The first kappa shape index (κ1) is 12.0. The molecule has 0 atom stereocenters. The summed E-state index contributed by atoms with van der Waals surface area (Å²) in [7, 11) is 0. The minimum atomic E-state index is 0.0669. The molecule has 1 aromatic rings. The van der Waals surface area contributed by atoms with Crippen molar-refractivity contribution in [2.75, 3.05) is 5.75 Å². The van der Waals surface area contributed by atoms with Crippen molar-refractivity contribution in [1.29, 1.82) is 0 Å². The summed E-state index contributed by atoms with van der Waals surface area (Å²) in [5.74, 6) is 1.65. The Bertz CT molecular complexity index is 364. The van der Waals surface area contributed by atoms with Crippen molar-refractivity contribution in [2.24, 2.45) is 0 Å². The van der Waals surface area contributed by atoms with E-state index in [1.165, 1.54) is 0 Å². The van der Waals surface area contributed by atoms with Gasteiger partial charge in [0.25, 0.3) is 5.56 Å². The van der Waals surface area contributed by atoms with Gasteiger partial charge in [0.05, 0.1) is 3.57 Å². The summed E-state index contributed by atoms with van der Waals surface area (Å²) in [6.07, 6.45) is 3.62. The van der Waals surface area contributed by atoms with E-state index >= 15 is 0 Å². The van der Waals surface area contributed by atoms with Crippen LogP contribution in [0.5, 0.6) is 0 Å². The lowest BCUT2D eigenvalue weighted by Crippen LogP contribution is -2.25. The molecule has 0 radical (unpaired) electrons. The molecule has 0 aliphatic carbocycles. The van der Waals surface area contributed by atoms with Gasteiger partial charge in [0.15, 0.2) is 0 Å². The third kappa shape index (κ3) is 2.98. The number of unbranched alkanes of at least 4 members (excludes halogenated alkanes) is 1. The normalized spacial score (nSPS) is 10.5. The Kier molecular flexibility index (Phi) is 4.94. The van der Waals surface area contributed by atoms with Gasteiger partial charge in [0.2, 0.25) is 0 Å². The van der Waals surface area contributed by atoms with Crippen molar-refractivity contribution in [2.45, 2.75) is 26.3 Å². The van der Waals surface area contributed by atoms with Crippen LogP contribution in [-0.4, -0.2) is 15.3 Å². The Balaban J connectivity index is 2.84. The van der Waals surface area contributed by atoms with Gasteiger partial charge in [-0.05, 0) is 48.1 Å². The second-order valence-corrected chi connectivity index (χ2v) is 4.65. The lowest BCUT2D eigenvalue weighted by molar-refractivity contribution is 0.585. The van der Waals surface area contributed by atoms with Crippen molar-refractivity contribution < 1.29 is 0 Å². The highest BCUT2D eigenvalue weighted by Crippen LogP contribution is 2.00. The monoisotopic (exact) mass is 324 g/mol. The molecule has 0 fully saturated rings. The third-order valence-corrected chi connectivity index (χ3v) is 3.05. The first-order valence-corrected chi connectivity index (χ1v) is 6.20. The zero-order valence-electron chi connectivity index (χ0n) is 8.03. The molecule has 0 aliphatic heterocycles. The number of rotatable bonds is 4. The Morgan fingerprint density at radius 3 is 2.93 bits per heavy atom. The summed E-state index contributed by atoms with van der Waals surface area (Å²) in [4.78, 5) is 15.8. The first-order valence-electron chi connectivity index (χ1n) is 4.49. The number of hydrogen-bond acceptors (Lipinski definition) is 3. The molecule has 0 amide bonds. The molecule has 5 heteroatoms. The average Bonchev–Trinajstić information content (AvgIpc) is 2.18. The van der Waals surface area contributed by atoms with Crippen molar-refractivity contribution >= 4 is 35.2 Å². The van der Waals surface area contributed by atoms with E-state index in [0.717, 1.165) is 31.0 Å². The van der Waals surface area contributed by atoms with Gasteiger partial charge in [-0.25, -0.2) is 4.98 Å². The summed E-state index contributed by atoms with van der Waals surface area (Å²) >= 11 is 6.15. The summed E-state index contributed by atoms with van der Waals surface area (Å²) in [5, 5.41) is 0. The van der Waals surface area contributed by atoms with Crippen molar-refractivity contribution in [3.63, 3.8) is 0 Å². The minimum Gasteiger partial charge on any atom is -0.296 e. The van der Waals surface area contributed by atoms with E-state index in [4.69, 9.17) is 0 Å². The van der Waals surface area contributed by atoms with Crippen LogP contribution in [0.2, 0.25) is 0 Å². The van der Waals surface area contributed by atoms with Crippen LogP contribution in [0.1, 0.15) is 18.7 Å². The quantitative estimate of drug-likeness (QED) is 0.521. The van der Waals surface area contributed by atoms with Gasteiger partial charge in [0.1, 0.15) is 5.82 Å². The van der Waals surface area contributed by atoms with Crippen molar-refractivity contribution in [1.82, 2.24) is 9.55 Å². The minimum absolute atomic E-state index is 0.0669. The van der Waals surface area contributed by atoms with Gasteiger partial charge in [-0.2, -0.15) is 12.6 Å². The van der Waals surface area contributed by atoms with Gasteiger partial charge in [-0.3, -0.25) is 9.36 Å². The molecule has 14 heavy (non-hydrogen) atoms. The van der Waals surface area contributed by atoms with Gasteiger partial charge in [-0.1, -0.05) is 0 Å². The Labute approximate surface area is 102 Å². The first-order chi connectivity index (χ1) is 6.66. The van der Waals surface area contributed by atoms with E-state index in [1.807, 2.05) is 29.5 Å². The smallest absolute Gasteiger partial charge is 0.266 e. The maximum absolute atomic E-state index is 11.7. The number of aromatic nitrogens is 2. The molecule has 0 aromatic carbocycles. The molecule has 1 aromatic heterocycles. The highest BCUT2D eigenvalue weighted by atomic mass is 127. The van der Waals surface area contributed by atoms with Crippen molar-refractivity contribution in [3.05, 3.63) is 25.9 Å². The predicted molar refractivity (Wildman–Crippen MR) is 69.0 cm³/mol. The van der Waals surface area contributed by atoms with Gasteiger partial charge >= 0.3 is 0 Å². The van der Waals surface area contributed by atoms with Crippen LogP contribution >= 0.6 is 35.2 Å². The van der Waals surface area contributed by atoms with E-state index in [2.05, 4.69) is 17.6 Å². The maximum atomic E-state index is 11.7. The Morgan fingerprint density at radius 2 is 2.29 bits per heavy atom. The number of thiol groups is 1. The van der Waals surface area contributed by atoms with E-state index in [9.17, 15) is 4.79 Å². The number of halogens is 1. The SMILES string of the molecule is Cc1ncc(I)c(=O)n1CCCCS. The molecule has 78 valence electrons. The molecule has 0 N–H and O–H groups in total. The maximum Gasteiger partial charge on any atom is 0.266 e. The van der Waals surface area contributed by atoms with Crippen LogP contribution < -0.4 is 5.56 Å². The molecule has 1 rings (SSSR count). The fourth-order valence-electron chi connectivity index (χ4n) is 1.20. The lowest BCUT2D eigenvalue weighted by Gasteiger charge is -2.08. The molecule has 0 spiro atoms. The summed E-state index contributed by atoms with van der Waals surface area (Å²) in [6.45, 7) is 2.60. The summed E-state index contributed by atoms with van der Waals surface area (Å²) < 4.78 is 2.41. The van der Waals surface area contributed by atoms with Crippen LogP contribution in [0.25, 0.3) is 0 Å². The van der Waals surface area contributed by atoms with E-state index < -0.39 is 0 Å². The topological polar surface area (TPSA) is 34.9 Å². The van der Waals surface area contributed by atoms with E-state index in [0.29, 0.717) is 3.57 Å². The molecule has 0 saturated heterocycles. The zero-order chi connectivity index (χ0) is 10.6. The Hall–Kier alpha value is -0.0400. The van der Waals surface area contributed by atoms with E-state index in [-0.39, 0.29) is 5.56 Å². The molecule has 0 saturated carbocycles. The predicted octanol–water partition coefficient (Wildman–Crippen LogP) is 1.87. The fourth-order valence-corrected chi connectivity index (χ4v) is 1.85. The highest BCUT2D eigenvalue weighted by Gasteiger charge is 2.04. The largest absolute Gasteiger partial charge is 0.296 e. The summed E-state index contributed by atoms with van der Waals surface area (Å²) in [6, 6.07) is 0. The average molecular weight is 324 g/mol. The van der Waals surface area contributed by atoms with Gasteiger partial charge in [-0.15, -0.1) is 0 Å². The molecular weight excluding hydrogens is 311 g/mol.